The molecular weight excluding hydrogens is 246 g/mol. The van der Waals surface area contributed by atoms with Gasteiger partial charge >= 0.3 is 0 Å². The molecule has 0 bridgehead atoms. The van der Waals surface area contributed by atoms with Crippen LogP contribution in [0.4, 0.5) is 0 Å². The predicted molar refractivity (Wildman–Crippen MR) is 61.3 cm³/mol. The highest BCUT2D eigenvalue weighted by Gasteiger charge is 2.16. The van der Waals surface area contributed by atoms with Crippen LogP contribution in [0.15, 0.2) is 33.6 Å². The van der Waals surface area contributed by atoms with Crippen LogP contribution in [-0.2, 0) is 0 Å². The Balaban J connectivity index is 2.04. The first-order chi connectivity index (χ1) is 6.36. The van der Waals surface area contributed by atoms with Crippen molar-refractivity contribution < 1.29 is 0 Å². The Morgan fingerprint density at radius 3 is 2.92 bits per heavy atom. The van der Waals surface area contributed by atoms with Crippen molar-refractivity contribution in [3.8, 4) is 0 Å². The lowest BCUT2D eigenvalue weighted by atomic mass is 10.4. The van der Waals surface area contributed by atoms with Gasteiger partial charge in [0.1, 0.15) is 0 Å². The van der Waals surface area contributed by atoms with Crippen LogP contribution in [0.2, 0.25) is 0 Å². The van der Waals surface area contributed by atoms with Crippen molar-refractivity contribution in [2.24, 2.45) is 0 Å². The largest absolute Gasteiger partial charge is 0.316 e. The standard InChI is InChI=1S/C10H12BrNS/c11-9-3-1-2-4-10(9)13-8-5-6-12-7-8/h1-4,8,12H,5-7H2. The SMILES string of the molecule is Brc1ccccc1SC1CCNC1. The minimum atomic E-state index is 0.749. The van der Waals surface area contributed by atoms with Gasteiger partial charge < -0.3 is 5.32 Å². The van der Waals surface area contributed by atoms with Gasteiger partial charge in [-0.25, -0.2) is 0 Å². The van der Waals surface area contributed by atoms with Gasteiger partial charge in [0.05, 0.1) is 0 Å². The first-order valence-corrected chi connectivity index (χ1v) is 6.15. The maximum absolute atomic E-state index is 3.56. The summed E-state index contributed by atoms with van der Waals surface area (Å²) in [5, 5.41) is 4.12. The fraction of sp³-hybridized carbons (Fsp3) is 0.400. The zero-order valence-corrected chi connectivity index (χ0v) is 9.70. The third-order valence-electron chi connectivity index (χ3n) is 2.15. The fourth-order valence-electron chi connectivity index (χ4n) is 1.45. The van der Waals surface area contributed by atoms with Crippen LogP contribution >= 0.6 is 27.7 Å². The lowest BCUT2D eigenvalue weighted by Crippen LogP contribution is -2.09. The summed E-state index contributed by atoms with van der Waals surface area (Å²) in [5.41, 5.74) is 0. The summed E-state index contributed by atoms with van der Waals surface area (Å²) in [6.45, 7) is 2.31. The number of nitrogens with one attached hydrogen (secondary N) is 1. The van der Waals surface area contributed by atoms with E-state index in [0.717, 1.165) is 11.8 Å². The molecule has 1 nitrogen and oxygen atoms in total. The van der Waals surface area contributed by atoms with Crippen LogP contribution < -0.4 is 5.32 Å². The first kappa shape index (κ1) is 9.56. The number of halogens is 1. The highest BCUT2D eigenvalue weighted by molar-refractivity contribution is 9.10. The summed E-state index contributed by atoms with van der Waals surface area (Å²) in [4.78, 5) is 1.36. The molecule has 0 aliphatic carbocycles. The second kappa shape index (κ2) is 4.49. The van der Waals surface area contributed by atoms with Gasteiger partial charge in [-0.15, -0.1) is 11.8 Å². The maximum Gasteiger partial charge on any atom is 0.0311 e. The van der Waals surface area contributed by atoms with Crippen molar-refractivity contribution in [2.75, 3.05) is 13.1 Å². The third-order valence-corrected chi connectivity index (χ3v) is 4.44. The molecule has 1 saturated heterocycles. The van der Waals surface area contributed by atoms with Gasteiger partial charge in [-0.3, -0.25) is 0 Å². The summed E-state index contributed by atoms with van der Waals surface area (Å²) >= 11 is 5.53. The molecule has 0 saturated carbocycles. The molecule has 0 aromatic heterocycles. The van der Waals surface area contributed by atoms with Gasteiger partial charge in [-0.1, -0.05) is 12.1 Å². The maximum atomic E-state index is 3.56. The number of hydrogen-bond acceptors (Lipinski definition) is 2. The minimum Gasteiger partial charge on any atom is -0.316 e. The highest BCUT2D eigenvalue weighted by atomic mass is 79.9. The van der Waals surface area contributed by atoms with Crippen LogP contribution in [0.1, 0.15) is 6.42 Å². The van der Waals surface area contributed by atoms with E-state index in [2.05, 4.69) is 45.5 Å². The van der Waals surface area contributed by atoms with Gasteiger partial charge in [0.2, 0.25) is 0 Å². The quantitative estimate of drug-likeness (QED) is 0.875. The van der Waals surface area contributed by atoms with Crippen LogP contribution in [0.5, 0.6) is 0 Å². The minimum absolute atomic E-state index is 0.749. The predicted octanol–water partition coefficient (Wildman–Crippen LogP) is 2.90. The molecule has 0 amide bonds. The van der Waals surface area contributed by atoms with Crippen LogP contribution in [0.25, 0.3) is 0 Å². The van der Waals surface area contributed by atoms with Crippen molar-refractivity contribution in [1.29, 1.82) is 0 Å². The van der Waals surface area contributed by atoms with Crippen LogP contribution in [0.3, 0.4) is 0 Å². The van der Waals surface area contributed by atoms with Crippen molar-refractivity contribution in [3.63, 3.8) is 0 Å². The molecule has 1 atom stereocenters. The number of benzene rings is 1. The Bertz CT molecular complexity index is 284. The lowest BCUT2D eigenvalue weighted by molar-refractivity contribution is 0.858. The summed E-state index contributed by atoms with van der Waals surface area (Å²) < 4.78 is 1.21. The summed E-state index contributed by atoms with van der Waals surface area (Å²) in [5.74, 6) is 0. The van der Waals surface area contributed by atoms with E-state index in [4.69, 9.17) is 0 Å². The average molecular weight is 258 g/mol. The molecule has 70 valence electrons. The molecule has 1 unspecified atom stereocenters. The van der Waals surface area contributed by atoms with Gasteiger partial charge in [0.15, 0.2) is 0 Å². The topological polar surface area (TPSA) is 12.0 Å². The van der Waals surface area contributed by atoms with Gasteiger partial charge in [-0.2, -0.15) is 0 Å². The van der Waals surface area contributed by atoms with E-state index in [-0.39, 0.29) is 0 Å². The molecule has 1 aliphatic rings. The molecule has 0 radical (unpaired) electrons. The Labute approximate surface area is 91.4 Å². The Morgan fingerprint density at radius 2 is 2.23 bits per heavy atom. The summed E-state index contributed by atoms with van der Waals surface area (Å²) in [7, 11) is 0. The van der Waals surface area contributed by atoms with E-state index >= 15 is 0 Å². The third kappa shape index (κ3) is 2.48. The molecule has 1 fully saturated rings. The molecular formula is C10H12BrNS. The van der Waals surface area contributed by atoms with E-state index in [0.29, 0.717) is 0 Å². The van der Waals surface area contributed by atoms with E-state index in [1.807, 2.05) is 11.8 Å². The molecule has 13 heavy (non-hydrogen) atoms. The van der Waals surface area contributed by atoms with Crippen molar-refractivity contribution in [3.05, 3.63) is 28.7 Å². The Kier molecular flexibility index (Phi) is 3.30. The highest BCUT2D eigenvalue weighted by Crippen LogP contribution is 2.32. The van der Waals surface area contributed by atoms with E-state index in [1.165, 1.54) is 22.3 Å². The molecule has 1 N–H and O–H groups in total. The van der Waals surface area contributed by atoms with Crippen LogP contribution in [0, 0.1) is 0 Å². The van der Waals surface area contributed by atoms with Crippen molar-refractivity contribution in [2.45, 2.75) is 16.6 Å². The Morgan fingerprint density at radius 1 is 1.38 bits per heavy atom. The zero-order valence-electron chi connectivity index (χ0n) is 7.29. The molecule has 0 spiro atoms. The molecule has 1 aromatic carbocycles. The van der Waals surface area contributed by atoms with Crippen molar-refractivity contribution >= 4 is 27.7 Å². The molecule has 1 heterocycles. The zero-order chi connectivity index (χ0) is 9.10. The molecule has 1 aromatic rings. The number of thioether (sulfide) groups is 1. The van der Waals surface area contributed by atoms with E-state index in [9.17, 15) is 0 Å². The second-order valence-corrected chi connectivity index (χ2v) is 5.36. The smallest absolute Gasteiger partial charge is 0.0311 e. The molecule has 1 aliphatic heterocycles. The number of rotatable bonds is 2. The first-order valence-electron chi connectivity index (χ1n) is 4.48. The monoisotopic (exact) mass is 257 g/mol. The number of hydrogen-bond donors (Lipinski definition) is 1. The van der Waals surface area contributed by atoms with Gasteiger partial charge in [0.25, 0.3) is 0 Å². The van der Waals surface area contributed by atoms with Crippen LogP contribution in [-0.4, -0.2) is 18.3 Å². The fourth-order valence-corrected chi connectivity index (χ4v) is 3.15. The lowest BCUT2D eigenvalue weighted by Gasteiger charge is -2.08. The average Bonchev–Trinajstić information content (AvgIpc) is 2.61. The van der Waals surface area contributed by atoms with E-state index in [1.54, 1.807) is 0 Å². The van der Waals surface area contributed by atoms with Gasteiger partial charge in [-0.05, 0) is 41.0 Å². The second-order valence-electron chi connectivity index (χ2n) is 3.16. The van der Waals surface area contributed by atoms with E-state index < -0.39 is 0 Å². The normalized spacial score (nSPS) is 22.1. The van der Waals surface area contributed by atoms with Crippen molar-refractivity contribution in [1.82, 2.24) is 5.32 Å². The molecule has 2 rings (SSSR count). The van der Waals surface area contributed by atoms with Gasteiger partial charge in [0, 0.05) is 21.2 Å². The summed E-state index contributed by atoms with van der Waals surface area (Å²) in [6, 6.07) is 8.42. The Hall–Kier alpha value is 0.01000. The summed E-state index contributed by atoms with van der Waals surface area (Å²) in [6.07, 6.45) is 1.28. The molecule has 3 heteroatoms.